The third-order valence-corrected chi connectivity index (χ3v) is 6.46. The molecule has 1 aliphatic carbocycles. The summed E-state index contributed by atoms with van der Waals surface area (Å²) in [6.07, 6.45) is 9.09. The standard InChI is InChI=1S/C23H34FN7S/c1-14(26-4)10-15(2)28-22-11-21(27-12-19(16(3)24)17-6-7-17)29-23(30-22)32-18-8-9-20(25)31(5)13-18/h8-11,13,16-17,19-20H,6-7,12,25H2,1-5H3,(H2,27,28,29,30)/b15-10+,26-14?. The molecule has 1 fully saturated rings. The number of nitrogens with zero attached hydrogens (tertiary/aromatic N) is 4. The number of aliphatic imine (C=N–C) groups is 1. The maximum absolute atomic E-state index is 14.1. The van der Waals surface area contributed by atoms with Gasteiger partial charge in [0.2, 0.25) is 0 Å². The zero-order valence-electron chi connectivity index (χ0n) is 19.5. The number of hydrogen-bond donors (Lipinski definition) is 3. The molecule has 2 heterocycles. The van der Waals surface area contributed by atoms with Crippen LogP contribution < -0.4 is 16.4 Å². The number of alkyl halides is 1. The van der Waals surface area contributed by atoms with E-state index in [1.165, 1.54) is 11.8 Å². The average Bonchev–Trinajstić information content (AvgIpc) is 3.55. The second-order valence-corrected chi connectivity index (χ2v) is 9.49. The van der Waals surface area contributed by atoms with E-state index in [2.05, 4.69) is 25.6 Å². The fourth-order valence-corrected chi connectivity index (χ4v) is 4.38. The van der Waals surface area contributed by atoms with Crippen molar-refractivity contribution < 1.29 is 4.39 Å². The van der Waals surface area contributed by atoms with Gasteiger partial charge in [-0.3, -0.25) is 4.99 Å². The van der Waals surface area contributed by atoms with Crippen molar-refractivity contribution in [3.8, 4) is 0 Å². The molecule has 2 aliphatic rings. The smallest absolute Gasteiger partial charge is 0.196 e. The summed E-state index contributed by atoms with van der Waals surface area (Å²) in [4.78, 5) is 16.5. The van der Waals surface area contributed by atoms with Crippen molar-refractivity contribution in [1.29, 1.82) is 0 Å². The van der Waals surface area contributed by atoms with Gasteiger partial charge in [-0.15, -0.1) is 0 Å². The van der Waals surface area contributed by atoms with Crippen LogP contribution in [0.3, 0.4) is 0 Å². The highest BCUT2D eigenvalue weighted by Gasteiger charge is 2.34. The minimum atomic E-state index is -0.845. The number of thioether (sulfide) groups is 1. The Balaban J connectivity index is 1.81. The number of hydrogen-bond acceptors (Lipinski definition) is 8. The van der Waals surface area contributed by atoms with Gasteiger partial charge in [-0.25, -0.2) is 14.4 Å². The summed E-state index contributed by atoms with van der Waals surface area (Å²) in [6.45, 7) is 6.11. The summed E-state index contributed by atoms with van der Waals surface area (Å²) in [7, 11) is 3.69. The van der Waals surface area contributed by atoms with Gasteiger partial charge in [-0.2, -0.15) is 0 Å². The maximum Gasteiger partial charge on any atom is 0.196 e. The normalized spacial score (nSPS) is 21.3. The predicted molar refractivity (Wildman–Crippen MR) is 133 cm³/mol. The molecule has 1 aromatic rings. The van der Waals surface area contributed by atoms with Crippen LogP contribution in [0.2, 0.25) is 0 Å². The van der Waals surface area contributed by atoms with Gasteiger partial charge in [0, 0.05) is 55.1 Å². The number of nitrogens with two attached hydrogens (primary N) is 1. The van der Waals surface area contributed by atoms with E-state index in [0.29, 0.717) is 29.3 Å². The lowest BCUT2D eigenvalue weighted by Crippen LogP contribution is -2.35. The van der Waals surface area contributed by atoms with Gasteiger partial charge in [0.05, 0.1) is 6.17 Å². The molecule has 0 amide bonds. The number of nitrogens with one attached hydrogen (secondary N) is 2. The van der Waals surface area contributed by atoms with E-state index in [9.17, 15) is 4.39 Å². The summed E-state index contributed by atoms with van der Waals surface area (Å²) < 4.78 is 14.1. The van der Waals surface area contributed by atoms with Crippen LogP contribution in [0, 0.1) is 11.8 Å². The van der Waals surface area contributed by atoms with Gasteiger partial charge in [-0.05, 0) is 69.5 Å². The van der Waals surface area contributed by atoms with E-state index in [0.717, 1.165) is 29.2 Å². The van der Waals surface area contributed by atoms with Crippen molar-refractivity contribution in [3.05, 3.63) is 41.1 Å². The summed E-state index contributed by atoms with van der Waals surface area (Å²) >= 11 is 1.46. The molecule has 1 saturated carbocycles. The largest absolute Gasteiger partial charge is 0.369 e. The molecule has 1 aromatic heterocycles. The SMILES string of the molecule is CN=C(C)/C=C(\C)Nc1cc(NCC(C(C)F)C2CC2)nc(SC2=CN(C)C(N)C=C2)n1. The second-order valence-electron chi connectivity index (χ2n) is 8.45. The Hall–Kier alpha value is -2.39. The van der Waals surface area contributed by atoms with Crippen LogP contribution >= 0.6 is 11.8 Å². The van der Waals surface area contributed by atoms with Gasteiger partial charge in [-0.1, -0.05) is 0 Å². The first-order valence-electron chi connectivity index (χ1n) is 11.0. The highest BCUT2D eigenvalue weighted by Crippen LogP contribution is 2.39. The van der Waals surface area contributed by atoms with Crippen molar-refractivity contribution in [1.82, 2.24) is 14.9 Å². The predicted octanol–water partition coefficient (Wildman–Crippen LogP) is 4.40. The molecule has 4 N–H and O–H groups in total. The third kappa shape index (κ3) is 7.06. The molecule has 0 radical (unpaired) electrons. The van der Waals surface area contributed by atoms with Crippen LogP contribution in [0.5, 0.6) is 0 Å². The Bertz CT molecular complexity index is 919. The first-order chi connectivity index (χ1) is 15.2. The van der Waals surface area contributed by atoms with Crippen LogP contribution in [0.1, 0.15) is 33.6 Å². The summed E-state index contributed by atoms with van der Waals surface area (Å²) in [5.74, 6) is 1.82. The highest BCUT2D eigenvalue weighted by molar-refractivity contribution is 8.03. The molecule has 3 rings (SSSR count). The summed E-state index contributed by atoms with van der Waals surface area (Å²) in [5, 5.41) is 7.27. The van der Waals surface area contributed by atoms with Crippen LogP contribution in [-0.2, 0) is 0 Å². The van der Waals surface area contributed by atoms with E-state index in [4.69, 9.17) is 5.73 Å². The topological polar surface area (TPSA) is 91.5 Å². The van der Waals surface area contributed by atoms with Gasteiger partial charge >= 0.3 is 0 Å². The molecule has 3 unspecified atom stereocenters. The van der Waals surface area contributed by atoms with Crippen molar-refractivity contribution in [3.63, 3.8) is 0 Å². The molecule has 0 aromatic carbocycles. The fraction of sp³-hybridized carbons (Fsp3) is 0.522. The number of likely N-dealkylation sites (N-methyl/N-ethyl adjacent to an activating group) is 1. The van der Waals surface area contributed by atoms with E-state index in [1.54, 1.807) is 14.0 Å². The van der Waals surface area contributed by atoms with Crippen molar-refractivity contribution in [2.75, 3.05) is 31.3 Å². The number of halogens is 1. The molecule has 0 bridgehead atoms. The maximum atomic E-state index is 14.1. The minimum absolute atomic E-state index is 0.00153. The minimum Gasteiger partial charge on any atom is -0.369 e. The fourth-order valence-electron chi connectivity index (χ4n) is 3.52. The quantitative estimate of drug-likeness (QED) is 0.353. The molecule has 0 spiro atoms. The summed E-state index contributed by atoms with van der Waals surface area (Å²) in [5.41, 5.74) is 7.83. The molecule has 3 atom stereocenters. The lowest BCUT2D eigenvalue weighted by Gasteiger charge is -2.24. The Morgan fingerprint density at radius 2 is 2.09 bits per heavy atom. The molecule has 1 aliphatic heterocycles. The van der Waals surface area contributed by atoms with E-state index in [-0.39, 0.29) is 12.1 Å². The Morgan fingerprint density at radius 3 is 2.72 bits per heavy atom. The highest BCUT2D eigenvalue weighted by atomic mass is 32.2. The molecular formula is C23H34FN7S. The number of rotatable bonds is 10. The average molecular weight is 460 g/mol. The summed E-state index contributed by atoms with van der Waals surface area (Å²) in [6, 6.07) is 1.86. The number of anilines is 2. The van der Waals surface area contributed by atoms with Gasteiger partial charge in [0.1, 0.15) is 17.8 Å². The molecule has 9 heteroatoms. The third-order valence-electron chi connectivity index (χ3n) is 5.61. The van der Waals surface area contributed by atoms with E-state index in [1.807, 2.05) is 56.3 Å². The zero-order chi connectivity index (χ0) is 23.3. The second kappa shape index (κ2) is 11.0. The number of aromatic nitrogens is 2. The number of allylic oxidation sites excluding steroid dienone is 3. The lowest BCUT2D eigenvalue weighted by atomic mass is 9.99. The van der Waals surface area contributed by atoms with Crippen LogP contribution in [-0.4, -0.2) is 53.6 Å². The Kier molecular flexibility index (Phi) is 8.31. The van der Waals surface area contributed by atoms with Gasteiger partial charge < -0.3 is 21.3 Å². The lowest BCUT2D eigenvalue weighted by molar-refractivity contribution is 0.235. The van der Waals surface area contributed by atoms with Crippen molar-refractivity contribution >= 4 is 29.1 Å². The molecule has 32 heavy (non-hydrogen) atoms. The Morgan fingerprint density at radius 1 is 1.38 bits per heavy atom. The van der Waals surface area contributed by atoms with Crippen LogP contribution in [0.25, 0.3) is 0 Å². The van der Waals surface area contributed by atoms with Gasteiger partial charge in [0.15, 0.2) is 5.16 Å². The van der Waals surface area contributed by atoms with Crippen LogP contribution in [0.15, 0.2) is 51.2 Å². The van der Waals surface area contributed by atoms with E-state index >= 15 is 0 Å². The molecule has 174 valence electrons. The first-order valence-corrected chi connectivity index (χ1v) is 11.8. The van der Waals surface area contributed by atoms with Crippen LogP contribution in [0.4, 0.5) is 16.0 Å². The molecular weight excluding hydrogens is 425 g/mol. The van der Waals surface area contributed by atoms with Crippen molar-refractivity contribution in [2.45, 2.75) is 51.1 Å². The van der Waals surface area contributed by atoms with Gasteiger partial charge in [0.25, 0.3) is 0 Å². The zero-order valence-corrected chi connectivity index (χ0v) is 20.3. The van der Waals surface area contributed by atoms with Crippen molar-refractivity contribution in [2.24, 2.45) is 22.6 Å². The first kappa shape index (κ1) is 24.3. The van der Waals surface area contributed by atoms with E-state index < -0.39 is 6.17 Å². The molecule has 7 nitrogen and oxygen atoms in total. The Labute approximate surface area is 194 Å². The molecule has 0 saturated heterocycles. The monoisotopic (exact) mass is 459 g/mol.